The Balaban J connectivity index is 0.00000261. The average Bonchev–Trinajstić information content (AvgIpc) is 3.23. The summed E-state index contributed by atoms with van der Waals surface area (Å²) in [5, 5.41) is 10.8. The van der Waals surface area contributed by atoms with Crippen LogP contribution in [0, 0.1) is 0 Å². The van der Waals surface area contributed by atoms with Gasteiger partial charge in [0, 0.05) is 20.1 Å². The highest BCUT2D eigenvalue weighted by Gasteiger charge is 2.00. The number of halogens is 1. The summed E-state index contributed by atoms with van der Waals surface area (Å²) in [7, 11) is 1.79. The smallest absolute Gasteiger partial charge is 0.191 e. The van der Waals surface area contributed by atoms with E-state index in [4.69, 9.17) is 0 Å². The van der Waals surface area contributed by atoms with Gasteiger partial charge in [-0.15, -0.1) is 24.0 Å². The van der Waals surface area contributed by atoms with Crippen LogP contribution in [0.15, 0.2) is 72.2 Å². The topological polar surface area (TPSA) is 67.1 Å². The van der Waals surface area contributed by atoms with Crippen molar-refractivity contribution < 1.29 is 0 Å². The molecule has 1 heterocycles. The molecular weight excluding hydrogens is 451 g/mol. The van der Waals surface area contributed by atoms with Crippen molar-refractivity contribution in [2.45, 2.75) is 19.4 Å². The van der Waals surface area contributed by atoms with E-state index in [9.17, 15) is 0 Å². The highest BCUT2D eigenvalue weighted by molar-refractivity contribution is 14.0. The van der Waals surface area contributed by atoms with Gasteiger partial charge in [0.25, 0.3) is 0 Å². The first-order valence-corrected chi connectivity index (χ1v) is 8.77. The molecule has 0 atom stereocenters. The van der Waals surface area contributed by atoms with Crippen LogP contribution in [0.2, 0.25) is 0 Å². The van der Waals surface area contributed by atoms with Crippen molar-refractivity contribution in [3.63, 3.8) is 0 Å². The molecule has 0 radical (unpaired) electrons. The first-order valence-electron chi connectivity index (χ1n) is 8.77. The minimum absolute atomic E-state index is 0. The van der Waals surface area contributed by atoms with E-state index in [1.165, 1.54) is 17.5 Å². The van der Waals surface area contributed by atoms with Gasteiger partial charge in [0.15, 0.2) is 5.96 Å². The summed E-state index contributed by atoms with van der Waals surface area (Å²) in [5.74, 6) is 0.818. The van der Waals surface area contributed by atoms with Crippen molar-refractivity contribution in [3.05, 3.63) is 78.4 Å². The van der Waals surface area contributed by atoms with E-state index in [0.29, 0.717) is 0 Å². The number of nitrogens with one attached hydrogen (secondary N) is 2. The predicted molar refractivity (Wildman–Crippen MR) is 120 cm³/mol. The highest BCUT2D eigenvalue weighted by Crippen LogP contribution is 2.07. The van der Waals surface area contributed by atoms with E-state index < -0.39 is 0 Å². The Morgan fingerprint density at radius 2 is 1.78 bits per heavy atom. The van der Waals surface area contributed by atoms with E-state index in [1.54, 1.807) is 18.1 Å². The van der Waals surface area contributed by atoms with Crippen LogP contribution < -0.4 is 10.6 Å². The molecule has 0 unspecified atom stereocenters. The SMILES string of the molecule is CN=C(NCCCc1ccccc1)NCc1ccc(-n2cncn2)cc1.I. The van der Waals surface area contributed by atoms with E-state index in [0.717, 1.165) is 37.6 Å². The van der Waals surface area contributed by atoms with E-state index in [-0.39, 0.29) is 24.0 Å². The van der Waals surface area contributed by atoms with Crippen LogP contribution in [0.1, 0.15) is 17.5 Å². The molecule has 0 saturated heterocycles. The van der Waals surface area contributed by atoms with Crippen LogP contribution in [0.5, 0.6) is 0 Å². The molecule has 1 aromatic heterocycles. The zero-order valence-electron chi connectivity index (χ0n) is 15.4. The van der Waals surface area contributed by atoms with Crippen molar-refractivity contribution in [2.75, 3.05) is 13.6 Å². The van der Waals surface area contributed by atoms with Crippen LogP contribution in [0.4, 0.5) is 0 Å². The fourth-order valence-electron chi connectivity index (χ4n) is 2.66. The standard InChI is InChI=1S/C20H24N6.HI/c1-21-20(23-13-5-8-17-6-3-2-4-7-17)24-14-18-9-11-19(12-10-18)26-16-22-15-25-26;/h2-4,6-7,9-12,15-16H,5,8,13-14H2,1H3,(H2,21,23,24);1H. The van der Waals surface area contributed by atoms with Crippen LogP contribution in [0.3, 0.4) is 0 Å². The molecule has 3 aromatic rings. The van der Waals surface area contributed by atoms with E-state index in [2.05, 4.69) is 62.1 Å². The van der Waals surface area contributed by atoms with Crippen LogP contribution in [-0.2, 0) is 13.0 Å². The molecule has 2 aromatic carbocycles. The third-order valence-corrected chi connectivity index (χ3v) is 4.08. The first-order chi connectivity index (χ1) is 12.8. The van der Waals surface area contributed by atoms with Crippen LogP contribution in [0.25, 0.3) is 5.69 Å². The zero-order valence-corrected chi connectivity index (χ0v) is 17.7. The Kier molecular flexibility index (Phi) is 8.76. The zero-order chi connectivity index (χ0) is 18.0. The number of hydrogen-bond acceptors (Lipinski definition) is 3. The Morgan fingerprint density at radius 3 is 2.44 bits per heavy atom. The molecule has 0 aliphatic rings. The fourth-order valence-corrected chi connectivity index (χ4v) is 2.66. The number of hydrogen-bond donors (Lipinski definition) is 2. The van der Waals surface area contributed by atoms with Gasteiger partial charge in [-0.2, -0.15) is 5.10 Å². The molecule has 0 aliphatic carbocycles. The molecule has 2 N–H and O–H groups in total. The average molecular weight is 476 g/mol. The van der Waals surface area contributed by atoms with E-state index in [1.807, 2.05) is 18.2 Å². The maximum absolute atomic E-state index is 4.28. The maximum Gasteiger partial charge on any atom is 0.191 e. The largest absolute Gasteiger partial charge is 0.356 e. The Bertz CT molecular complexity index is 800. The highest BCUT2D eigenvalue weighted by atomic mass is 127. The molecule has 0 fully saturated rings. The summed E-state index contributed by atoms with van der Waals surface area (Å²) in [6.07, 6.45) is 5.35. The molecule has 6 nitrogen and oxygen atoms in total. The van der Waals surface area contributed by atoms with Crippen molar-refractivity contribution >= 4 is 29.9 Å². The first kappa shape index (κ1) is 20.9. The Morgan fingerprint density at radius 1 is 1.00 bits per heavy atom. The molecule has 0 spiro atoms. The lowest BCUT2D eigenvalue weighted by Gasteiger charge is -2.12. The Labute approximate surface area is 177 Å². The maximum atomic E-state index is 4.28. The number of benzene rings is 2. The summed E-state index contributed by atoms with van der Waals surface area (Å²) in [5.41, 5.74) is 3.54. The summed E-state index contributed by atoms with van der Waals surface area (Å²) >= 11 is 0. The number of rotatable bonds is 7. The number of guanidine groups is 1. The predicted octanol–water partition coefficient (Wildman–Crippen LogP) is 3.18. The second kappa shape index (κ2) is 11.3. The second-order valence-electron chi connectivity index (χ2n) is 5.95. The minimum Gasteiger partial charge on any atom is -0.356 e. The number of nitrogens with zero attached hydrogens (tertiary/aromatic N) is 4. The lowest BCUT2D eigenvalue weighted by atomic mass is 10.1. The Hall–Kier alpha value is -2.42. The summed E-state index contributed by atoms with van der Waals surface area (Å²) in [4.78, 5) is 8.24. The molecule has 0 saturated carbocycles. The molecule has 0 aliphatic heterocycles. The second-order valence-corrected chi connectivity index (χ2v) is 5.95. The number of aryl methyl sites for hydroxylation is 1. The lowest BCUT2D eigenvalue weighted by molar-refractivity contribution is 0.742. The van der Waals surface area contributed by atoms with Gasteiger partial charge in [0.2, 0.25) is 0 Å². The molecule has 0 bridgehead atoms. The molecule has 142 valence electrons. The number of aliphatic imine (C=N–C) groups is 1. The van der Waals surface area contributed by atoms with Gasteiger partial charge in [0.1, 0.15) is 12.7 Å². The molecular formula is C20H25IN6. The monoisotopic (exact) mass is 476 g/mol. The van der Waals surface area contributed by atoms with Gasteiger partial charge < -0.3 is 10.6 Å². The van der Waals surface area contributed by atoms with E-state index >= 15 is 0 Å². The van der Waals surface area contributed by atoms with Gasteiger partial charge in [-0.1, -0.05) is 42.5 Å². The van der Waals surface area contributed by atoms with Gasteiger partial charge in [-0.3, -0.25) is 4.99 Å². The minimum atomic E-state index is 0. The van der Waals surface area contributed by atoms with Gasteiger partial charge in [-0.25, -0.2) is 9.67 Å². The van der Waals surface area contributed by atoms with Gasteiger partial charge in [-0.05, 0) is 36.1 Å². The molecule has 0 amide bonds. The van der Waals surface area contributed by atoms with Crippen molar-refractivity contribution in [2.24, 2.45) is 4.99 Å². The van der Waals surface area contributed by atoms with Crippen LogP contribution in [-0.4, -0.2) is 34.3 Å². The summed E-state index contributed by atoms with van der Waals surface area (Å²) in [6, 6.07) is 18.7. The lowest BCUT2D eigenvalue weighted by Crippen LogP contribution is -2.37. The summed E-state index contributed by atoms with van der Waals surface area (Å²) in [6.45, 7) is 1.61. The van der Waals surface area contributed by atoms with Crippen molar-refractivity contribution in [3.8, 4) is 5.69 Å². The van der Waals surface area contributed by atoms with Crippen LogP contribution >= 0.6 is 24.0 Å². The summed E-state index contributed by atoms with van der Waals surface area (Å²) < 4.78 is 1.74. The molecule has 3 rings (SSSR count). The van der Waals surface area contributed by atoms with Crippen molar-refractivity contribution in [1.29, 1.82) is 0 Å². The quantitative estimate of drug-likeness (QED) is 0.238. The number of aromatic nitrogens is 3. The third-order valence-electron chi connectivity index (χ3n) is 4.08. The fraction of sp³-hybridized carbons (Fsp3) is 0.250. The third kappa shape index (κ3) is 6.67. The molecule has 7 heteroatoms. The van der Waals surface area contributed by atoms with Gasteiger partial charge in [0.05, 0.1) is 5.69 Å². The normalized spacial score (nSPS) is 10.9. The molecule has 27 heavy (non-hydrogen) atoms. The van der Waals surface area contributed by atoms with Crippen molar-refractivity contribution in [1.82, 2.24) is 25.4 Å². The van der Waals surface area contributed by atoms with Gasteiger partial charge >= 0.3 is 0 Å².